The van der Waals surface area contributed by atoms with E-state index >= 15 is 0 Å². The molecule has 0 aromatic rings. The summed E-state index contributed by atoms with van der Waals surface area (Å²) < 4.78 is 0. The second-order valence-electron chi connectivity index (χ2n) is 3.46. The van der Waals surface area contributed by atoms with Gasteiger partial charge in [-0.3, -0.25) is 9.59 Å². The highest BCUT2D eigenvalue weighted by atomic mass is 32.1. The number of carbonyl (C=O) groups excluding carboxylic acids is 2. The molecule has 14 heavy (non-hydrogen) atoms. The van der Waals surface area contributed by atoms with Crippen molar-refractivity contribution in [3.8, 4) is 0 Å². The van der Waals surface area contributed by atoms with Crippen LogP contribution in [0.3, 0.4) is 0 Å². The summed E-state index contributed by atoms with van der Waals surface area (Å²) in [5.74, 6) is -0.0277. The number of hydrogen-bond acceptors (Lipinski definition) is 2. The molecule has 0 aliphatic rings. The molecule has 2 atom stereocenters. The van der Waals surface area contributed by atoms with Crippen molar-refractivity contribution >= 4 is 35.5 Å². The van der Waals surface area contributed by atoms with Gasteiger partial charge in [0.05, 0.1) is 0 Å². The molecule has 0 aromatic carbocycles. The van der Waals surface area contributed by atoms with E-state index in [0.29, 0.717) is 0 Å². The molecule has 0 radical (unpaired) electrons. The summed E-state index contributed by atoms with van der Waals surface area (Å²) >= 11 is 7.63. The molecule has 0 rings (SSSR count). The summed E-state index contributed by atoms with van der Waals surface area (Å²) in [6.45, 7) is 3.92. The Morgan fingerprint density at radius 1 is 0.929 bits per heavy atom. The van der Waals surface area contributed by atoms with Crippen molar-refractivity contribution in [1.29, 1.82) is 0 Å². The molecule has 0 saturated heterocycles. The zero-order valence-electron chi connectivity index (χ0n) is 8.69. The van der Waals surface area contributed by atoms with Crippen LogP contribution < -0.4 is 0 Å². The maximum absolute atomic E-state index is 11.0. The van der Waals surface area contributed by atoms with E-state index in [9.17, 15) is 9.59 Å². The minimum absolute atomic E-state index is 0.0138. The van der Waals surface area contributed by atoms with E-state index < -0.39 is 0 Å². The van der Waals surface area contributed by atoms with E-state index in [1.165, 1.54) is 0 Å². The molecule has 0 bridgehead atoms. The lowest BCUT2D eigenvalue weighted by atomic mass is 9.94. The zero-order valence-corrected chi connectivity index (χ0v) is 10.5. The van der Waals surface area contributed by atoms with Gasteiger partial charge < -0.3 is 0 Å². The Morgan fingerprint density at radius 3 is 1.36 bits per heavy atom. The second-order valence-corrected chi connectivity index (χ2v) is 4.35. The molecule has 0 amide bonds. The van der Waals surface area contributed by atoms with E-state index in [1.54, 1.807) is 0 Å². The average molecular weight is 234 g/mol. The van der Waals surface area contributed by atoms with Crippen LogP contribution in [0.1, 0.15) is 39.5 Å². The number of carbonyl (C=O) groups is 2. The molecular formula is C10H18O2S2. The van der Waals surface area contributed by atoms with Gasteiger partial charge >= 0.3 is 0 Å². The van der Waals surface area contributed by atoms with Crippen LogP contribution in [0.5, 0.6) is 0 Å². The molecule has 2 nitrogen and oxygen atoms in total. The van der Waals surface area contributed by atoms with Gasteiger partial charge in [-0.05, 0) is 25.7 Å². The summed E-state index contributed by atoms with van der Waals surface area (Å²) in [5, 5.41) is -0.150. The summed E-state index contributed by atoms with van der Waals surface area (Å²) in [6.07, 6.45) is 3.06. The molecule has 0 aromatic heterocycles. The van der Waals surface area contributed by atoms with Crippen LogP contribution in [0, 0.1) is 11.8 Å². The van der Waals surface area contributed by atoms with Gasteiger partial charge in [-0.25, -0.2) is 0 Å². The maximum atomic E-state index is 11.0. The van der Waals surface area contributed by atoms with Gasteiger partial charge in [0.2, 0.25) is 0 Å². The van der Waals surface area contributed by atoms with Crippen molar-refractivity contribution in [2.45, 2.75) is 39.5 Å². The number of hydrogen-bond donors (Lipinski definition) is 2. The van der Waals surface area contributed by atoms with Crippen LogP contribution in [0.2, 0.25) is 0 Å². The maximum Gasteiger partial charge on any atom is 0.188 e. The first kappa shape index (κ1) is 14.0. The Balaban J connectivity index is 4.00. The SMILES string of the molecule is CCC(CCC(CC)C(=O)S)C(=O)S. The third-order valence-electron chi connectivity index (χ3n) is 2.55. The predicted molar refractivity (Wildman–Crippen MR) is 64.8 cm³/mol. The molecule has 82 valence electrons. The first-order chi connectivity index (χ1) is 6.52. The molecule has 0 aliphatic carbocycles. The van der Waals surface area contributed by atoms with Crippen molar-refractivity contribution in [3.05, 3.63) is 0 Å². The Hall–Kier alpha value is 0.0400. The molecule has 0 saturated carbocycles. The van der Waals surface area contributed by atoms with Crippen molar-refractivity contribution in [2.75, 3.05) is 0 Å². The van der Waals surface area contributed by atoms with Crippen LogP contribution in [-0.4, -0.2) is 10.2 Å². The fraction of sp³-hybridized carbons (Fsp3) is 0.800. The van der Waals surface area contributed by atoms with E-state index in [1.807, 2.05) is 13.8 Å². The van der Waals surface area contributed by atoms with Crippen LogP contribution in [-0.2, 0) is 9.59 Å². The normalized spacial score (nSPS) is 14.9. The number of rotatable bonds is 7. The lowest BCUT2D eigenvalue weighted by molar-refractivity contribution is -0.116. The second kappa shape index (κ2) is 7.35. The molecule has 0 fully saturated rings. The van der Waals surface area contributed by atoms with Crippen LogP contribution in [0.4, 0.5) is 0 Å². The summed E-state index contributed by atoms with van der Waals surface area (Å²) in [5.41, 5.74) is 0. The lowest BCUT2D eigenvalue weighted by Crippen LogP contribution is -2.13. The third kappa shape index (κ3) is 5.05. The predicted octanol–water partition coefficient (Wildman–Crippen LogP) is 2.73. The summed E-state index contributed by atoms with van der Waals surface area (Å²) in [7, 11) is 0. The van der Waals surface area contributed by atoms with E-state index in [0.717, 1.165) is 25.7 Å². The monoisotopic (exact) mass is 234 g/mol. The summed E-state index contributed by atoms with van der Waals surface area (Å²) in [6, 6.07) is 0. The van der Waals surface area contributed by atoms with Gasteiger partial charge in [-0.2, -0.15) is 0 Å². The van der Waals surface area contributed by atoms with E-state index in [2.05, 4.69) is 25.3 Å². The third-order valence-corrected chi connectivity index (χ3v) is 3.28. The standard InChI is InChI=1S/C10H18O2S2/c1-3-7(9(11)13)5-6-8(4-2)10(12)14/h7-8H,3-6H2,1-2H3,(H,11,13)(H,12,14). The Bertz CT molecular complexity index is 182. The fourth-order valence-corrected chi connectivity index (χ4v) is 2.03. The van der Waals surface area contributed by atoms with E-state index in [4.69, 9.17) is 0 Å². The highest BCUT2D eigenvalue weighted by molar-refractivity contribution is 7.96. The topological polar surface area (TPSA) is 34.1 Å². The minimum Gasteiger partial charge on any atom is -0.287 e. The van der Waals surface area contributed by atoms with Gasteiger partial charge in [0.15, 0.2) is 10.2 Å². The fourth-order valence-electron chi connectivity index (χ4n) is 1.41. The first-order valence-corrected chi connectivity index (χ1v) is 5.87. The zero-order chi connectivity index (χ0) is 11.1. The van der Waals surface area contributed by atoms with Gasteiger partial charge in [-0.15, -0.1) is 25.3 Å². The first-order valence-electron chi connectivity index (χ1n) is 4.98. The largest absolute Gasteiger partial charge is 0.287 e. The lowest BCUT2D eigenvalue weighted by Gasteiger charge is -2.14. The smallest absolute Gasteiger partial charge is 0.188 e. The minimum atomic E-state index is -0.0750. The molecule has 0 N–H and O–H groups in total. The molecule has 2 unspecified atom stereocenters. The van der Waals surface area contributed by atoms with Crippen LogP contribution in [0.25, 0.3) is 0 Å². The van der Waals surface area contributed by atoms with Gasteiger partial charge in [-0.1, -0.05) is 13.8 Å². The summed E-state index contributed by atoms with van der Waals surface area (Å²) in [4.78, 5) is 22.0. The molecule has 4 heteroatoms. The number of thiol groups is 2. The quantitative estimate of drug-likeness (QED) is 0.664. The van der Waals surface area contributed by atoms with Crippen molar-refractivity contribution < 1.29 is 9.59 Å². The van der Waals surface area contributed by atoms with Crippen LogP contribution in [0.15, 0.2) is 0 Å². The molecule has 0 aliphatic heterocycles. The Labute approximate surface area is 96.7 Å². The van der Waals surface area contributed by atoms with Crippen LogP contribution >= 0.6 is 25.3 Å². The highest BCUT2D eigenvalue weighted by Gasteiger charge is 2.18. The molecular weight excluding hydrogens is 216 g/mol. The van der Waals surface area contributed by atoms with Crippen molar-refractivity contribution in [3.63, 3.8) is 0 Å². The van der Waals surface area contributed by atoms with Gasteiger partial charge in [0.1, 0.15) is 0 Å². The van der Waals surface area contributed by atoms with Gasteiger partial charge in [0.25, 0.3) is 0 Å². The van der Waals surface area contributed by atoms with E-state index in [-0.39, 0.29) is 22.1 Å². The van der Waals surface area contributed by atoms with Crippen molar-refractivity contribution in [2.24, 2.45) is 11.8 Å². The molecule has 0 heterocycles. The average Bonchev–Trinajstić information content (AvgIpc) is 2.11. The van der Waals surface area contributed by atoms with Crippen molar-refractivity contribution in [1.82, 2.24) is 0 Å². The highest BCUT2D eigenvalue weighted by Crippen LogP contribution is 2.21. The van der Waals surface area contributed by atoms with Gasteiger partial charge in [0, 0.05) is 11.8 Å². The molecule has 0 spiro atoms. The Kier molecular flexibility index (Phi) is 7.37. The Morgan fingerprint density at radius 2 is 1.21 bits per heavy atom.